The molecule has 154 valence electrons. The number of methoxy groups -OCH3 is 1. The minimum absolute atomic E-state index is 0.111. The van der Waals surface area contributed by atoms with E-state index in [9.17, 15) is 9.59 Å². The van der Waals surface area contributed by atoms with Gasteiger partial charge in [-0.2, -0.15) is 0 Å². The van der Waals surface area contributed by atoms with Gasteiger partial charge in [-0.15, -0.1) is 0 Å². The molecule has 0 aliphatic carbocycles. The molecule has 2 aromatic carbocycles. The highest BCUT2D eigenvalue weighted by Gasteiger charge is 2.24. The first-order valence-electron chi connectivity index (χ1n) is 9.72. The van der Waals surface area contributed by atoms with E-state index in [2.05, 4.69) is 10.2 Å². The Labute approximate surface area is 170 Å². The van der Waals surface area contributed by atoms with Crippen molar-refractivity contribution in [3.05, 3.63) is 54.1 Å². The number of carbonyl (C=O) groups is 2. The van der Waals surface area contributed by atoms with E-state index < -0.39 is 0 Å². The molecule has 0 aromatic heterocycles. The summed E-state index contributed by atoms with van der Waals surface area (Å²) in [5.74, 6) is 0.487. The maximum absolute atomic E-state index is 12.4. The van der Waals surface area contributed by atoms with Crippen molar-refractivity contribution in [3.63, 3.8) is 0 Å². The van der Waals surface area contributed by atoms with E-state index in [4.69, 9.17) is 15.2 Å². The van der Waals surface area contributed by atoms with Gasteiger partial charge in [0.1, 0.15) is 0 Å². The second kappa shape index (κ2) is 9.93. The fourth-order valence-corrected chi connectivity index (χ4v) is 3.52. The Morgan fingerprint density at radius 1 is 1.14 bits per heavy atom. The lowest BCUT2D eigenvalue weighted by atomic mass is 9.97. The van der Waals surface area contributed by atoms with Crippen LogP contribution in [0.4, 0.5) is 5.69 Å². The molecule has 1 atom stereocenters. The molecule has 3 rings (SSSR count). The molecule has 1 heterocycles. The normalized spacial score (nSPS) is 16.8. The van der Waals surface area contributed by atoms with Crippen LogP contribution in [-0.4, -0.2) is 43.5 Å². The second-order valence-corrected chi connectivity index (χ2v) is 7.12. The van der Waals surface area contributed by atoms with Crippen LogP contribution in [0.2, 0.25) is 0 Å². The number of amides is 2. The molecule has 0 saturated carbocycles. The van der Waals surface area contributed by atoms with Gasteiger partial charge in [0.15, 0.2) is 18.1 Å². The molecule has 1 aliphatic heterocycles. The Bertz CT molecular complexity index is 855. The van der Waals surface area contributed by atoms with Gasteiger partial charge >= 0.3 is 0 Å². The van der Waals surface area contributed by atoms with Crippen molar-refractivity contribution in [1.82, 2.24) is 4.90 Å². The summed E-state index contributed by atoms with van der Waals surface area (Å²) in [5.41, 5.74) is 7.20. The Morgan fingerprint density at radius 3 is 2.62 bits per heavy atom. The highest BCUT2D eigenvalue weighted by atomic mass is 16.5. The second-order valence-electron chi connectivity index (χ2n) is 7.12. The first kappa shape index (κ1) is 20.7. The molecule has 7 nitrogen and oxygen atoms in total. The van der Waals surface area contributed by atoms with Gasteiger partial charge in [0, 0.05) is 18.8 Å². The molecule has 3 N–H and O–H groups in total. The van der Waals surface area contributed by atoms with E-state index in [1.165, 1.54) is 0 Å². The summed E-state index contributed by atoms with van der Waals surface area (Å²) in [6.07, 6.45) is 1.78. The lowest BCUT2D eigenvalue weighted by Gasteiger charge is -2.31. The van der Waals surface area contributed by atoms with E-state index in [-0.39, 0.29) is 24.3 Å². The average molecular weight is 397 g/mol. The van der Waals surface area contributed by atoms with Crippen LogP contribution >= 0.6 is 0 Å². The third-order valence-electron chi connectivity index (χ3n) is 5.02. The number of rotatable bonds is 8. The molecular formula is C22H27N3O4. The van der Waals surface area contributed by atoms with Crippen LogP contribution in [-0.2, 0) is 16.1 Å². The molecular weight excluding hydrogens is 370 g/mol. The summed E-state index contributed by atoms with van der Waals surface area (Å²) in [5, 5.41) is 2.92. The molecule has 0 radical (unpaired) electrons. The molecule has 1 aliphatic rings. The van der Waals surface area contributed by atoms with Crippen molar-refractivity contribution in [2.24, 2.45) is 11.7 Å². The molecule has 7 heteroatoms. The third kappa shape index (κ3) is 5.71. The maximum atomic E-state index is 12.4. The van der Waals surface area contributed by atoms with E-state index in [0.717, 1.165) is 30.6 Å². The van der Waals surface area contributed by atoms with Crippen LogP contribution in [0.3, 0.4) is 0 Å². The highest BCUT2D eigenvalue weighted by molar-refractivity contribution is 5.92. The predicted molar refractivity (Wildman–Crippen MR) is 111 cm³/mol. The number of para-hydroxylation sites is 3. The van der Waals surface area contributed by atoms with E-state index >= 15 is 0 Å². The number of anilines is 1. The summed E-state index contributed by atoms with van der Waals surface area (Å²) in [4.78, 5) is 26.1. The van der Waals surface area contributed by atoms with Crippen molar-refractivity contribution in [3.8, 4) is 11.5 Å². The maximum Gasteiger partial charge on any atom is 0.262 e. The van der Waals surface area contributed by atoms with Crippen LogP contribution in [0.1, 0.15) is 18.4 Å². The van der Waals surface area contributed by atoms with E-state index in [1.54, 1.807) is 19.2 Å². The summed E-state index contributed by atoms with van der Waals surface area (Å²) in [6.45, 7) is 2.08. The van der Waals surface area contributed by atoms with Gasteiger partial charge < -0.3 is 20.5 Å². The Kier molecular flexibility index (Phi) is 7.08. The smallest absolute Gasteiger partial charge is 0.262 e. The van der Waals surface area contributed by atoms with E-state index in [0.29, 0.717) is 24.6 Å². The summed E-state index contributed by atoms with van der Waals surface area (Å²) in [6, 6.07) is 14.9. The third-order valence-corrected chi connectivity index (χ3v) is 5.02. The number of hydrogen-bond acceptors (Lipinski definition) is 5. The number of nitrogens with one attached hydrogen (secondary N) is 1. The number of benzene rings is 2. The quantitative estimate of drug-likeness (QED) is 0.713. The SMILES string of the molecule is COc1ccccc1OCC(=O)Nc1ccccc1CN1CCCC(C(N)=O)C1. The lowest BCUT2D eigenvalue weighted by molar-refractivity contribution is -0.123. The van der Waals surface area contributed by atoms with Crippen molar-refractivity contribution in [2.45, 2.75) is 19.4 Å². The average Bonchev–Trinajstić information content (AvgIpc) is 2.74. The zero-order valence-corrected chi connectivity index (χ0v) is 16.6. The number of nitrogens with two attached hydrogens (primary N) is 1. The number of hydrogen-bond donors (Lipinski definition) is 2. The van der Waals surface area contributed by atoms with Crippen molar-refractivity contribution in [1.29, 1.82) is 0 Å². The lowest BCUT2D eigenvalue weighted by Crippen LogP contribution is -2.40. The van der Waals surface area contributed by atoms with Gasteiger partial charge in [-0.3, -0.25) is 14.5 Å². The monoisotopic (exact) mass is 397 g/mol. The molecule has 1 unspecified atom stereocenters. The summed E-state index contributed by atoms with van der Waals surface area (Å²) in [7, 11) is 1.56. The Hall–Kier alpha value is -3.06. The Morgan fingerprint density at radius 2 is 1.86 bits per heavy atom. The van der Waals surface area contributed by atoms with Crippen LogP contribution in [0, 0.1) is 5.92 Å². The van der Waals surface area contributed by atoms with Gasteiger partial charge in [0.05, 0.1) is 13.0 Å². The van der Waals surface area contributed by atoms with Gasteiger partial charge in [-0.25, -0.2) is 0 Å². The zero-order valence-electron chi connectivity index (χ0n) is 16.6. The number of nitrogens with zero attached hydrogens (tertiary/aromatic N) is 1. The standard InChI is InChI=1S/C22H27N3O4/c1-28-19-10-4-5-11-20(19)29-15-21(26)24-18-9-3-2-7-16(18)13-25-12-6-8-17(14-25)22(23)27/h2-5,7,9-11,17H,6,8,12-15H2,1H3,(H2,23,27)(H,24,26). The van der Waals surface area contributed by atoms with Crippen molar-refractivity contribution >= 4 is 17.5 Å². The van der Waals surface area contributed by atoms with Crippen LogP contribution in [0.5, 0.6) is 11.5 Å². The number of likely N-dealkylation sites (tertiary alicyclic amines) is 1. The zero-order chi connectivity index (χ0) is 20.6. The molecule has 2 aromatic rings. The molecule has 1 saturated heterocycles. The van der Waals surface area contributed by atoms with Crippen molar-refractivity contribution in [2.75, 3.05) is 32.1 Å². The summed E-state index contributed by atoms with van der Waals surface area (Å²) < 4.78 is 10.8. The predicted octanol–water partition coefficient (Wildman–Crippen LogP) is 2.41. The summed E-state index contributed by atoms with van der Waals surface area (Å²) >= 11 is 0. The molecule has 0 bridgehead atoms. The Balaban J connectivity index is 1.60. The van der Waals surface area contributed by atoms with Crippen LogP contribution < -0.4 is 20.5 Å². The number of piperidine rings is 1. The molecule has 2 amide bonds. The van der Waals surface area contributed by atoms with Gasteiger partial charge in [0.2, 0.25) is 5.91 Å². The number of carbonyl (C=O) groups excluding carboxylic acids is 2. The first-order chi connectivity index (χ1) is 14.1. The first-order valence-corrected chi connectivity index (χ1v) is 9.72. The minimum Gasteiger partial charge on any atom is -0.493 e. The van der Waals surface area contributed by atoms with E-state index in [1.807, 2.05) is 36.4 Å². The fourth-order valence-electron chi connectivity index (χ4n) is 3.52. The fraction of sp³-hybridized carbons (Fsp3) is 0.364. The van der Waals surface area contributed by atoms with Crippen molar-refractivity contribution < 1.29 is 19.1 Å². The van der Waals surface area contributed by atoms with Crippen LogP contribution in [0.25, 0.3) is 0 Å². The number of primary amides is 1. The highest BCUT2D eigenvalue weighted by Crippen LogP contribution is 2.26. The van der Waals surface area contributed by atoms with Crippen LogP contribution in [0.15, 0.2) is 48.5 Å². The largest absolute Gasteiger partial charge is 0.493 e. The molecule has 0 spiro atoms. The topological polar surface area (TPSA) is 93.9 Å². The molecule has 1 fully saturated rings. The minimum atomic E-state index is -0.253. The van der Waals surface area contributed by atoms with Gasteiger partial charge in [-0.1, -0.05) is 30.3 Å². The number of ether oxygens (including phenoxy) is 2. The van der Waals surface area contributed by atoms with Gasteiger partial charge in [-0.05, 0) is 43.1 Å². The van der Waals surface area contributed by atoms with Gasteiger partial charge in [0.25, 0.3) is 5.91 Å². The molecule has 29 heavy (non-hydrogen) atoms.